The van der Waals surface area contributed by atoms with Crippen molar-refractivity contribution in [2.24, 2.45) is 0 Å². The lowest BCUT2D eigenvalue weighted by atomic mass is 10.1. The minimum Gasteiger partial charge on any atom is -0.507 e. The van der Waals surface area contributed by atoms with Crippen LogP contribution in [0, 0.1) is 5.82 Å². The molecule has 0 spiro atoms. The number of benzene rings is 2. The molecule has 3 rings (SSSR count). The maximum atomic E-state index is 13.1. The van der Waals surface area contributed by atoms with E-state index in [0.29, 0.717) is 18.7 Å². The van der Waals surface area contributed by atoms with Gasteiger partial charge in [-0.3, -0.25) is 9.80 Å². The summed E-state index contributed by atoms with van der Waals surface area (Å²) in [7, 11) is 1.58. The summed E-state index contributed by atoms with van der Waals surface area (Å²) in [6.07, 6.45) is 0.687. The van der Waals surface area contributed by atoms with Crippen LogP contribution < -0.4 is 4.74 Å². The van der Waals surface area contributed by atoms with E-state index in [2.05, 4.69) is 9.80 Å². The van der Waals surface area contributed by atoms with Crippen molar-refractivity contribution in [1.29, 1.82) is 0 Å². The molecular weight excluding hydrogens is 347 g/mol. The highest BCUT2D eigenvalue weighted by molar-refractivity contribution is 5.39. The van der Waals surface area contributed by atoms with Crippen LogP contribution in [0.2, 0.25) is 0 Å². The molecule has 2 aromatic carbocycles. The standard InChI is InChI=1S/C21H27FN2O3/c1-27-20-7-4-17(21(26)12-20)14-23-9-10-24(19(15-23)8-11-25)13-16-2-5-18(22)6-3-16/h2-7,12,19,25-26H,8-11,13-15H2,1H3/t19-/m1/s1. The number of phenolic OH excluding ortho intramolecular Hbond substituents is 1. The molecule has 0 aromatic heterocycles. The van der Waals surface area contributed by atoms with Gasteiger partial charge in [0.05, 0.1) is 7.11 Å². The highest BCUT2D eigenvalue weighted by atomic mass is 19.1. The van der Waals surface area contributed by atoms with E-state index in [1.165, 1.54) is 12.1 Å². The van der Waals surface area contributed by atoms with Crippen LogP contribution in [-0.4, -0.2) is 59.4 Å². The normalized spacial score (nSPS) is 18.6. The first kappa shape index (κ1) is 19.6. The van der Waals surface area contributed by atoms with Gasteiger partial charge in [0, 0.05) is 57.0 Å². The number of ether oxygens (including phenoxy) is 1. The fraction of sp³-hybridized carbons (Fsp3) is 0.429. The summed E-state index contributed by atoms with van der Waals surface area (Å²) in [4.78, 5) is 4.64. The van der Waals surface area contributed by atoms with E-state index in [-0.39, 0.29) is 24.2 Å². The van der Waals surface area contributed by atoms with Crippen molar-refractivity contribution in [3.05, 3.63) is 59.4 Å². The molecule has 1 atom stereocenters. The Hall–Kier alpha value is -2.15. The Balaban J connectivity index is 1.63. The molecule has 146 valence electrons. The highest BCUT2D eigenvalue weighted by Crippen LogP contribution is 2.26. The van der Waals surface area contributed by atoms with E-state index in [0.717, 1.165) is 37.3 Å². The quantitative estimate of drug-likeness (QED) is 0.780. The Morgan fingerprint density at radius 1 is 1.11 bits per heavy atom. The second-order valence-corrected chi connectivity index (χ2v) is 6.99. The Kier molecular flexibility index (Phi) is 6.66. The molecule has 0 saturated carbocycles. The Labute approximate surface area is 159 Å². The van der Waals surface area contributed by atoms with Crippen LogP contribution in [0.1, 0.15) is 17.5 Å². The molecule has 0 bridgehead atoms. The van der Waals surface area contributed by atoms with Crippen molar-refractivity contribution >= 4 is 0 Å². The summed E-state index contributed by atoms with van der Waals surface area (Å²) < 4.78 is 18.3. The van der Waals surface area contributed by atoms with Crippen LogP contribution in [0.25, 0.3) is 0 Å². The van der Waals surface area contributed by atoms with Crippen LogP contribution in [0.4, 0.5) is 4.39 Å². The van der Waals surface area contributed by atoms with Crippen molar-refractivity contribution in [2.75, 3.05) is 33.4 Å². The minimum atomic E-state index is -0.227. The predicted molar refractivity (Wildman–Crippen MR) is 102 cm³/mol. The minimum absolute atomic E-state index is 0.131. The number of aromatic hydroxyl groups is 1. The van der Waals surface area contributed by atoms with Gasteiger partial charge in [-0.25, -0.2) is 4.39 Å². The van der Waals surface area contributed by atoms with E-state index >= 15 is 0 Å². The molecule has 0 radical (unpaired) electrons. The number of halogens is 1. The number of piperazine rings is 1. The zero-order chi connectivity index (χ0) is 19.2. The molecule has 1 aliphatic heterocycles. The molecule has 1 fully saturated rings. The lowest BCUT2D eigenvalue weighted by molar-refractivity contribution is 0.0496. The van der Waals surface area contributed by atoms with Gasteiger partial charge >= 0.3 is 0 Å². The van der Waals surface area contributed by atoms with Gasteiger partial charge in [-0.15, -0.1) is 0 Å². The number of hydrogen-bond donors (Lipinski definition) is 2. The maximum Gasteiger partial charge on any atom is 0.123 e. The van der Waals surface area contributed by atoms with Gasteiger partial charge in [0.1, 0.15) is 17.3 Å². The van der Waals surface area contributed by atoms with E-state index in [4.69, 9.17) is 4.74 Å². The van der Waals surface area contributed by atoms with Gasteiger partial charge in [0.15, 0.2) is 0 Å². The molecular formula is C21H27FN2O3. The molecule has 2 N–H and O–H groups in total. The first-order valence-corrected chi connectivity index (χ1v) is 9.26. The number of phenols is 1. The summed E-state index contributed by atoms with van der Waals surface area (Å²) in [5.74, 6) is 0.648. The van der Waals surface area contributed by atoms with Crippen molar-refractivity contribution in [3.8, 4) is 11.5 Å². The van der Waals surface area contributed by atoms with Gasteiger partial charge in [-0.2, -0.15) is 0 Å². The third kappa shape index (κ3) is 5.19. The van der Waals surface area contributed by atoms with Crippen LogP contribution in [0.3, 0.4) is 0 Å². The summed E-state index contributed by atoms with van der Waals surface area (Å²) >= 11 is 0. The molecule has 0 unspecified atom stereocenters. The summed E-state index contributed by atoms with van der Waals surface area (Å²) in [5, 5.41) is 19.7. The molecule has 0 amide bonds. The van der Waals surface area contributed by atoms with E-state index in [9.17, 15) is 14.6 Å². The number of aliphatic hydroxyl groups excluding tert-OH is 1. The number of hydrogen-bond acceptors (Lipinski definition) is 5. The van der Waals surface area contributed by atoms with Crippen molar-refractivity contribution in [2.45, 2.75) is 25.6 Å². The Bertz CT molecular complexity index is 739. The largest absolute Gasteiger partial charge is 0.507 e. The van der Waals surface area contributed by atoms with E-state index in [1.807, 2.05) is 24.3 Å². The van der Waals surface area contributed by atoms with E-state index in [1.54, 1.807) is 13.2 Å². The number of aliphatic hydroxyl groups is 1. The first-order chi connectivity index (χ1) is 13.1. The average Bonchev–Trinajstić information content (AvgIpc) is 2.67. The second kappa shape index (κ2) is 9.17. The van der Waals surface area contributed by atoms with Crippen LogP contribution in [-0.2, 0) is 13.1 Å². The van der Waals surface area contributed by atoms with Gasteiger partial charge < -0.3 is 14.9 Å². The summed E-state index contributed by atoms with van der Waals surface area (Å²) in [6.45, 7) is 4.07. The fourth-order valence-corrected chi connectivity index (χ4v) is 3.60. The lowest BCUT2D eigenvalue weighted by Crippen LogP contribution is -2.52. The number of nitrogens with zero attached hydrogens (tertiary/aromatic N) is 2. The SMILES string of the molecule is COc1ccc(CN2CCN(Cc3ccc(F)cc3)[C@H](CCO)C2)c(O)c1. The van der Waals surface area contributed by atoms with Crippen LogP contribution >= 0.6 is 0 Å². The third-order valence-corrected chi connectivity index (χ3v) is 5.14. The summed E-state index contributed by atoms with van der Waals surface area (Å²) in [6, 6.07) is 12.2. The zero-order valence-corrected chi connectivity index (χ0v) is 15.6. The van der Waals surface area contributed by atoms with Crippen molar-refractivity contribution in [1.82, 2.24) is 9.80 Å². The smallest absolute Gasteiger partial charge is 0.123 e. The van der Waals surface area contributed by atoms with Gasteiger partial charge in [0.25, 0.3) is 0 Å². The van der Waals surface area contributed by atoms with Gasteiger partial charge in [-0.05, 0) is 30.2 Å². The maximum absolute atomic E-state index is 13.1. The number of rotatable bonds is 7. The average molecular weight is 374 g/mol. The first-order valence-electron chi connectivity index (χ1n) is 9.26. The Morgan fingerprint density at radius 2 is 1.89 bits per heavy atom. The highest BCUT2D eigenvalue weighted by Gasteiger charge is 2.27. The monoisotopic (exact) mass is 374 g/mol. The molecule has 27 heavy (non-hydrogen) atoms. The topological polar surface area (TPSA) is 56.2 Å². The third-order valence-electron chi connectivity index (χ3n) is 5.14. The van der Waals surface area contributed by atoms with Gasteiger partial charge in [-0.1, -0.05) is 18.2 Å². The molecule has 5 nitrogen and oxygen atoms in total. The molecule has 2 aromatic rings. The molecule has 1 aliphatic rings. The number of methoxy groups -OCH3 is 1. The van der Waals surface area contributed by atoms with Crippen LogP contribution in [0.5, 0.6) is 11.5 Å². The van der Waals surface area contributed by atoms with Crippen LogP contribution in [0.15, 0.2) is 42.5 Å². The molecule has 1 saturated heterocycles. The second-order valence-electron chi connectivity index (χ2n) is 6.99. The molecule has 6 heteroatoms. The Morgan fingerprint density at radius 3 is 2.56 bits per heavy atom. The fourth-order valence-electron chi connectivity index (χ4n) is 3.60. The van der Waals surface area contributed by atoms with E-state index < -0.39 is 0 Å². The molecule has 1 heterocycles. The van der Waals surface area contributed by atoms with Crippen molar-refractivity contribution in [3.63, 3.8) is 0 Å². The summed E-state index contributed by atoms with van der Waals surface area (Å²) in [5.41, 5.74) is 1.94. The predicted octanol–water partition coefficient (Wildman–Crippen LogP) is 2.61. The lowest BCUT2D eigenvalue weighted by Gasteiger charge is -2.41. The van der Waals surface area contributed by atoms with Gasteiger partial charge in [0.2, 0.25) is 0 Å². The van der Waals surface area contributed by atoms with Crippen molar-refractivity contribution < 1.29 is 19.3 Å². The molecule has 0 aliphatic carbocycles. The zero-order valence-electron chi connectivity index (χ0n) is 15.6.